The van der Waals surface area contributed by atoms with Crippen molar-refractivity contribution in [3.05, 3.63) is 76.1 Å². The van der Waals surface area contributed by atoms with Gasteiger partial charge in [0.15, 0.2) is 11.6 Å². The first-order chi connectivity index (χ1) is 17.4. The smallest absolute Gasteiger partial charge is 0.323 e. The summed E-state index contributed by atoms with van der Waals surface area (Å²) in [7, 11) is 2.94. The molecule has 0 spiro atoms. The Kier molecular flexibility index (Phi) is 7.98. The van der Waals surface area contributed by atoms with Crippen molar-refractivity contribution >= 4 is 17.6 Å². The first-order valence-corrected chi connectivity index (χ1v) is 11.8. The van der Waals surface area contributed by atoms with E-state index in [4.69, 9.17) is 30.9 Å². The van der Waals surface area contributed by atoms with Gasteiger partial charge in [-0.05, 0) is 41.7 Å². The van der Waals surface area contributed by atoms with Crippen molar-refractivity contribution in [2.75, 3.05) is 20.8 Å². The fraction of sp³-hybridized carbons (Fsp3) is 0.296. The lowest BCUT2D eigenvalue weighted by molar-refractivity contribution is -0.140. The Morgan fingerprint density at radius 3 is 2.53 bits per heavy atom. The molecule has 36 heavy (non-hydrogen) atoms. The lowest BCUT2D eigenvalue weighted by Gasteiger charge is -2.19. The lowest BCUT2D eigenvalue weighted by Crippen LogP contribution is -2.39. The summed E-state index contributed by atoms with van der Waals surface area (Å²) in [6, 6.07) is 13.0. The number of carboxylic acid groups (broad SMARTS) is 1. The molecule has 0 aliphatic heterocycles. The number of aliphatic hydroxyl groups excluding tert-OH is 1. The summed E-state index contributed by atoms with van der Waals surface area (Å²) in [5.41, 5.74) is 3.88. The molecule has 3 aromatic rings. The predicted molar refractivity (Wildman–Crippen MR) is 133 cm³/mol. The van der Waals surface area contributed by atoms with Gasteiger partial charge in [-0.1, -0.05) is 41.9 Å². The Morgan fingerprint density at radius 1 is 1.11 bits per heavy atom. The van der Waals surface area contributed by atoms with Crippen LogP contribution in [0.5, 0.6) is 17.2 Å². The van der Waals surface area contributed by atoms with Crippen LogP contribution < -0.4 is 19.5 Å². The van der Waals surface area contributed by atoms with Gasteiger partial charge in [0, 0.05) is 23.7 Å². The molecule has 4 rings (SSSR count). The number of aliphatic carboxylic acids is 1. The molecule has 3 aromatic carbocycles. The zero-order valence-corrected chi connectivity index (χ0v) is 20.6. The highest BCUT2D eigenvalue weighted by Gasteiger charge is 2.28. The van der Waals surface area contributed by atoms with Gasteiger partial charge in [0.1, 0.15) is 23.6 Å². The van der Waals surface area contributed by atoms with E-state index in [1.165, 1.54) is 14.2 Å². The monoisotopic (exact) mass is 515 g/mol. The van der Waals surface area contributed by atoms with E-state index in [0.717, 1.165) is 16.7 Å². The van der Waals surface area contributed by atoms with E-state index in [1.54, 1.807) is 30.3 Å². The van der Waals surface area contributed by atoms with Gasteiger partial charge in [0.05, 0.1) is 25.8 Å². The number of carbonyl (C=O) groups is 1. The van der Waals surface area contributed by atoms with Gasteiger partial charge < -0.3 is 24.4 Å². The van der Waals surface area contributed by atoms with E-state index in [1.807, 2.05) is 18.2 Å². The van der Waals surface area contributed by atoms with Crippen LogP contribution in [-0.4, -0.2) is 43.1 Å². The fourth-order valence-electron chi connectivity index (χ4n) is 4.48. The first-order valence-electron chi connectivity index (χ1n) is 11.4. The number of ether oxygens (including phenoxy) is 3. The zero-order valence-electron chi connectivity index (χ0n) is 19.9. The molecule has 0 aromatic heterocycles. The lowest BCUT2D eigenvalue weighted by atomic mass is 9.96. The summed E-state index contributed by atoms with van der Waals surface area (Å²) < 4.78 is 31.9. The minimum absolute atomic E-state index is 0.127. The number of aliphatic hydroxyl groups is 1. The molecule has 0 fully saturated rings. The average Bonchev–Trinajstić information content (AvgIpc) is 3.28. The highest BCUT2D eigenvalue weighted by Crippen LogP contribution is 2.43. The Bertz CT molecular complexity index is 1270. The van der Waals surface area contributed by atoms with E-state index in [0.29, 0.717) is 40.5 Å². The molecule has 3 N–H and O–H groups in total. The Labute approximate surface area is 213 Å². The second kappa shape index (κ2) is 11.2. The maximum Gasteiger partial charge on any atom is 0.323 e. The fourth-order valence-corrected chi connectivity index (χ4v) is 4.71. The first kappa shape index (κ1) is 25.8. The molecule has 9 heteroatoms. The topological polar surface area (TPSA) is 97.3 Å². The molecular formula is C27H27ClFNO6. The van der Waals surface area contributed by atoms with Gasteiger partial charge in [-0.2, -0.15) is 0 Å². The average molecular weight is 516 g/mol. The molecule has 1 aliphatic carbocycles. The van der Waals surface area contributed by atoms with Gasteiger partial charge in [-0.15, -0.1) is 0 Å². The number of fused-ring (bicyclic) bond motifs is 1. The minimum Gasteiger partial charge on any atom is -0.496 e. The standard InChI is InChI=1S/C27H27ClFNO6/c1-34-23-8-4-7-19(26(23)29)16-5-3-6-18-17(16)9-10-22(18)36-25-12-24(35-2)15(11-20(25)28)13-30-21(14-31)27(32)33/h3-8,11-12,21-22,30-31H,9-10,13-14H2,1-2H3,(H,32,33)/t21-,22-/m0/s1. The Balaban J connectivity index is 1.59. The minimum atomic E-state index is -1.16. The van der Waals surface area contributed by atoms with Crippen LogP contribution in [-0.2, 0) is 17.8 Å². The molecule has 0 amide bonds. The highest BCUT2D eigenvalue weighted by atomic mass is 35.5. The number of halogens is 2. The van der Waals surface area contributed by atoms with Crippen LogP contribution in [0.25, 0.3) is 11.1 Å². The second-order valence-corrected chi connectivity index (χ2v) is 8.80. The van der Waals surface area contributed by atoms with Gasteiger partial charge >= 0.3 is 5.97 Å². The van der Waals surface area contributed by atoms with Crippen LogP contribution in [0.1, 0.15) is 29.2 Å². The number of benzene rings is 3. The molecule has 0 unspecified atom stereocenters. The van der Waals surface area contributed by atoms with E-state index >= 15 is 0 Å². The molecule has 2 atom stereocenters. The van der Waals surface area contributed by atoms with Crippen LogP contribution in [0.2, 0.25) is 5.02 Å². The molecular weight excluding hydrogens is 489 g/mol. The SMILES string of the molecule is COc1cc(O[C@H]2CCc3c(-c4cccc(OC)c4F)cccc32)c(Cl)cc1CN[C@@H](CO)C(=O)O. The van der Waals surface area contributed by atoms with Crippen molar-refractivity contribution in [3.63, 3.8) is 0 Å². The van der Waals surface area contributed by atoms with Crippen molar-refractivity contribution in [3.8, 4) is 28.4 Å². The number of nitrogens with one attached hydrogen (secondary N) is 1. The summed E-state index contributed by atoms with van der Waals surface area (Å²) in [5, 5.41) is 21.4. The van der Waals surface area contributed by atoms with E-state index in [9.17, 15) is 14.3 Å². The van der Waals surface area contributed by atoms with Crippen molar-refractivity contribution in [1.29, 1.82) is 0 Å². The van der Waals surface area contributed by atoms with Crippen LogP contribution in [0, 0.1) is 5.82 Å². The largest absolute Gasteiger partial charge is 0.496 e. The third-order valence-electron chi connectivity index (χ3n) is 6.31. The maximum atomic E-state index is 15.0. The van der Waals surface area contributed by atoms with E-state index in [-0.39, 0.29) is 18.4 Å². The summed E-state index contributed by atoms with van der Waals surface area (Å²) in [6.07, 6.45) is 1.11. The molecule has 1 aliphatic rings. The van der Waals surface area contributed by atoms with Crippen LogP contribution in [0.15, 0.2) is 48.5 Å². The normalized spacial score (nSPS) is 15.3. The second-order valence-electron chi connectivity index (χ2n) is 8.39. The molecule has 0 saturated carbocycles. The van der Waals surface area contributed by atoms with Crippen molar-refractivity contribution in [2.45, 2.75) is 31.5 Å². The van der Waals surface area contributed by atoms with Gasteiger partial charge in [-0.25, -0.2) is 4.39 Å². The van der Waals surface area contributed by atoms with E-state index < -0.39 is 24.4 Å². The van der Waals surface area contributed by atoms with Crippen LogP contribution >= 0.6 is 11.6 Å². The number of rotatable bonds is 10. The van der Waals surface area contributed by atoms with Crippen molar-refractivity contribution in [1.82, 2.24) is 5.32 Å². The van der Waals surface area contributed by atoms with Gasteiger partial charge in [0.2, 0.25) is 0 Å². The summed E-state index contributed by atoms with van der Waals surface area (Å²) in [5.74, 6) is -0.478. The van der Waals surface area contributed by atoms with Gasteiger partial charge in [0.25, 0.3) is 0 Å². The molecule has 7 nitrogen and oxygen atoms in total. The maximum absolute atomic E-state index is 15.0. The van der Waals surface area contributed by atoms with Crippen molar-refractivity contribution in [2.24, 2.45) is 0 Å². The summed E-state index contributed by atoms with van der Waals surface area (Å²) in [6.45, 7) is -0.419. The van der Waals surface area contributed by atoms with E-state index in [2.05, 4.69) is 5.32 Å². The molecule has 0 radical (unpaired) electrons. The predicted octanol–water partition coefficient (Wildman–Crippen LogP) is 4.76. The third kappa shape index (κ3) is 5.11. The van der Waals surface area contributed by atoms with Crippen LogP contribution in [0.3, 0.4) is 0 Å². The third-order valence-corrected chi connectivity index (χ3v) is 6.61. The number of hydrogen-bond donors (Lipinski definition) is 3. The number of carboxylic acids is 1. The highest BCUT2D eigenvalue weighted by molar-refractivity contribution is 6.32. The summed E-state index contributed by atoms with van der Waals surface area (Å²) >= 11 is 6.52. The van der Waals surface area contributed by atoms with Crippen molar-refractivity contribution < 1.29 is 33.6 Å². The summed E-state index contributed by atoms with van der Waals surface area (Å²) in [4.78, 5) is 11.2. The Hall–Kier alpha value is -3.33. The molecule has 190 valence electrons. The Morgan fingerprint density at radius 2 is 1.83 bits per heavy atom. The van der Waals surface area contributed by atoms with Crippen LogP contribution in [0.4, 0.5) is 4.39 Å². The zero-order chi connectivity index (χ0) is 25.8. The van der Waals surface area contributed by atoms with Gasteiger partial charge in [-0.3, -0.25) is 10.1 Å². The molecule has 0 heterocycles. The molecule has 0 bridgehead atoms. The number of hydrogen-bond acceptors (Lipinski definition) is 6. The number of methoxy groups -OCH3 is 2. The quantitative estimate of drug-likeness (QED) is 0.358. The molecule has 0 saturated heterocycles.